The number of carbonyl (C=O) groups excluding carboxylic acids is 1. The Kier molecular flexibility index (Phi) is 6.34. The molecule has 2 heterocycles. The number of methoxy groups -OCH3 is 1. The van der Waals surface area contributed by atoms with Crippen molar-refractivity contribution < 1.29 is 22.7 Å². The molecule has 4 rings (SSSR count). The van der Waals surface area contributed by atoms with Gasteiger partial charge in [0.2, 0.25) is 0 Å². The fourth-order valence-corrected chi connectivity index (χ4v) is 3.67. The maximum Gasteiger partial charge on any atom is 0.418 e. The van der Waals surface area contributed by atoms with Gasteiger partial charge in [-0.05, 0) is 36.4 Å². The summed E-state index contributed by atoms with van der Waals surface area (Å²) < 4.78 is 44.9. The summed E-state index contributed by atoms with van der Waals surface area (Å²) in [5.41, 5.74) is 0.384. The van der Waals surface area contributed by atoms with Crippen molar-refractivity contribution in [2.24, 2.45) is 0 Å². The summed E-state index contributed by atoms with van der Waals surface area (Å²) in [6.07, 6.45) is -4.54. The average molecular weight is 457 g/mol. The Morgan fingerprint density at radius 2 is 1.64 bits per heavy atom. The number of benzene rings is 2. The molecular weight excluding hydrogens is 435 g/mol. The molecule has 1 aliphatic rings. The number of halogens is 3. The SMILES string of the molecule is COc1ccccc1-c1ccc(N2CCN(C(=O)Nc3ccccc3C(F)(F)F)CC2)nn1. The number of piperazine rings is 1. The van der Waals surface area contributed by atoms with Gasteiger partial charge in [0.15, 0.2) is 5.82 Å². The summed E-state index contributed by atoms with van der Waals surface area (Å²) >= 11 is 0. The second-order valence-corrected chi connectivity index (χ2v) is 7.42. The Hall–Kier alpha value is -3.82. The average Bonchev–Trinajstić information content (AvgIpc) is 2.84. The van der Waals surface area contributed by atoms with Crippen molar-refractivity contribution in [2.75, 3.05) is 43.5 Å². The number of amides is 2. The first-order valence-electron chi connectivity index (χ1n) is 10.3. The lowest BCUT2D eigenvalue weighted by Gasteiger charge is -2.35. The molecule has 172 valence electrons. The van der Waals surface area contributed by atoms with Gasteiger partial charge >= 0.3 is 12.2 Å². The molecule has 33 heavy (non-hydrogen) atoms. The van der Waals surface area contributed by atoms with Crippen molar-refractivity contribution in [2.45, 2.75) is 6.18 Å². The van der Waals surface area contributed by atoms with Crippen LogP contribution in [0.3, 0.4) is 0 Å². The number of nitrogens with zero attached hydrogens (tertiary/aromatic N) is 4. The number of urea groups is 1. The van der Waals surface area contributed by atoms with E-state index < -0.39 is 17.8 Å². The molecule has 2 amide bonds. The standard InChI is InChI=1S/C23H22F3N5O2/c1-33-20-9-5-2-6-16(20)18-10-11-21(29-28-18)30-12-14-31(15-13-30)22(32)27-19-8-4-3-7-17(19)23(24,25)26/h2-11H,12-15H2,1H3,(H,27,32). The van der Waals surface area contributed by atoms with Crippen LogP contribution in [-0.2, 0) is 6.18 Å². The highest BCUT2D eigenvalue weighted by Gasteiger charge is 2.34. The number of nitrogens with one attached hydrogen (secondary N) is 1. The van der Waals surface area contributed by atoms with Crippen LogP contribution in [0.4, 0.5) is 29.5 Å². The number of ether oxygens (including phenoxy) is 1. The zero-order valence-electron chi connectivity index (χ0n) is 17.8. The summed E-state index contributed by atoms with van der Waals surface area (Å²) in [7, 11) is 1.60. The lowest BCUT2D eigenvalue weighted by Crippen LogP contribution is -2.50. The van der Waals surface area contributed by atoms with E-state index in [0.717, 1.165) is 11.6 Å². The van der Waals surface area contributed by atoms with Crippen LogP contribution in [0.25, 0.3) is 11.3 Å². The van der Waals surface area contributed by atoms with Crippen LogP contribution in [0.15, 0.2) is 60.7 Å². The molecule has 0 radical (unpaired) electrons. The van der Waals surface area contributed by atoms with Gasteiger partial charge in [-0.15, -0.1) is 10.2 Å². The lowest BCUT2D eigenvalue weighted by atomic mass is 10.1. The molecule has 10 heteroatoms. The second kappa shape index (κ2) is 9.35. The first-order chi connectivity index (χ1) is 15.9. The van der Waals surface area contributed by atoms with Gasteiger partial charge < -0.3 is 19.9 Å². The lowest BCUT2D eigenvalue weighted by molar-refractivity contribution is -0.136. The minimum atomic E-state index is -4.54. The fraction of sp³-hybridized carbons (Fsp3) is 0.261. The first kappa shape index (κ1) is 22.4. The summed E-state index contributed by atoms with van der Waals surface area (Å²) in [6.45, 7) is 1.65. The summed E-state index contributed by atoms with van der Waals surface area (Å²) in [4.78, 5) is 16.0. The number of alkyl halides is 3. The van der Waals surface area contributed by atoms with E-state index in [1.807, 2.05) is 41.3 Å². The van der Waals surface area contributed by atoms with E-state index in [1.165, 1.54) is 23.1 Å². The van der Waals surface area contributed by atoms with Gasteiger partial charge in [0.25, 0.3) is 0 Å². The molecule has 2 aromatic carbocycles. The van der Waals surface area contributed by atoms with E-state index >= 15 is 0 Å². The molecule has 0 spiro atoms. The number of aromatic nitrogens is 2. The van der Waals surface area contributed by atoms with Crippen LogP contribution in [0.2, 0.25) is 0 Å². The molecule has 0 saturated carbocycles. The summed E-state index contributed by atoms with van der Waals surface area (Å²) in [5, 5.41) is 11.0. The third kappa shape index (κ3) is 5.00. The van der Waals surface area contributed by atoms with Gasteiger partial charge in [0.1, 0.15) is 5.75 Å². The Balaban J connectivity index is 1.38. The number of hydrogen-bond acceptors (Lipinski definition) is 5. The van der Waals surface area contributed by atoms with Crippen LogP contribution in [0, 0.1) is 0 Å². The van der Waals surface area contributed by atoms with Crippen LogP contribution in [0.5, 0.6) is 5.75 Å². The molecule has 1 N–H and O–H groups in total. The topological polar surface area (TPSA) is 70.6 Å². The normalized spacial score (nSPS) is 14.2. The van der Waals surface area contributed by atoms with E-state index in [0.29, 0.717) is 43.4 Å². The fourth-order valence-electron chi connectivity index (χ4n) is 3.67. The smallest absolute Gasteiger partial charge is 0.418 e. The van der Waals surface area contributed by atoms with Gasteiger partial charge in [-0.1, -0.05) is 24.3 Å². The summed E-state index contributed by atoms with van der Waals surface area (Å²) in [6, 6.07) is 15.6. The van der Waals surface area contributed by atoms with Crippen molar-refractivity contribution in [3.8, 4) is 17.0 Å². The molecule has 0 unspecified atom stereocenters. The molecule has 1 aromatic heterocycles. The van der Waals surface area contributed by atoms with Crippen molar-refractivity contribution in [3.05, 3.63) is 66.2 Å². The van der Waals surface area contributed by atoms with Crippen molar-refractivity contribution in [1.29, 1.82) is 0 Å². The highest BCUT2D eigenvalue weighted by atomic mass is 19.4. The molecule has 0 bridgehead atoms. The number of hydrogen-bond donors (Lipinski definition) is 1. The molecule has 3 aromatic rings. The van der Waals surface area contributed by atoms with E-state index in [-0.39, 0.29) is 5.69 Å². The number of para-hydroxylation sites is 2. The van der Waals surface area contributed by atoms with Gasteiger partial charge in [0, 0.05) is 31.7 Å². The van der Waals surface area contributed by atoms with Crippen LogP contribution in [0.1, 0.15) is 5.56 Å². The maximum atomic E-state index is 13.2. The number of anilines is 2. The Morgan fingerprint density at radius 1 is 0.939 bits per heavy atom. The predicted octanol–water partition coefficient (Wildman–Crippen LogP) is 4.53. The van der Waals surface area contributed by atoms with Crippen molar-refractivity contribution in [3.63, 3.8) is 0 Å². The zero-order valence-corrected chi connectivity index (χ0v) is 17.8. The van der Waals surface area contributed by atoms with Crippen LogP contribution in [-0.4, -0.2) is 54.4 Å². The molecular formula is C23H22F3N5O2. The molecule has 1 fully saturated rings. The van der Waals surface area contributed by atoms with E-state index in [4.69, 9.17) is 4.74 Å². The number of rotatable bonds is 4. The van der Waals surface area contributed by atoms with Gasteiger partial charge in [0.05, 0.1) is 24.1 Å². The Bertz CT molecular complexity index is 1110. The summed E-state index contributed by atoms with van der Waals surface area (Å²) in [5.74, 6) is 1.36. The van der Waals surface area contributed by atoms with Crippen molar-refractivity contribution >= 4 is 17.5 Å². The molecule has 0 aliphatic carbocycles. The molecule has 0 atom stereocenters. The number of carbonyl (C=O) groups is 1. The predicted molar refractivity (Wildman–Crippen MR) is 118 cm³/mol. The zero-order chi connectivity index (χ0) is 23.4. The molecule has 7 nitrogen and oxygen atoms in total. The third-order valence-electron chi connectivity index (χ3n) is 5.40. The van der Waals surface area contributed by atoms with Gasteiger partial charge in [-0.25, -0.2) is 4.79 Å². The van der Waals surface area contributed by atoms with Gasteiger partial charge in [-0.2, -0.15) is 13.2 Å². The highest BCUT2D eigenvalue weighted by molar-refractivity contribution is 5.90. The van der Waals surface area contributed by atoms with Gasteiger partial charge in [-0.3, -0.25) is 0 Å². The first-order valence-corrected chi connectivity index (χ1v) is 10.3. The second-order valence-electron chi connectivity index (χ2n) is 7.42. The van der Waals surface area contributed by atoms with Crippen molar-refractivity contribution in [1.82, 2.24) is 15.1 Å². The molecule has 1 saturated heterocycles. The Labute approximate surface area is 188 Å². The largest absolute Gasteiger partial charge is 0.496 e. The third-order valence-corrected chi connectivity index (χ3v) is 5.40. The van der Waals surface area contributed by atoms with E-state index in [1.54, 1.807) is 7.11 Å². The minimum absolute atomic E-state index is 0.254. The molecule has 1 aliphatic heterocycles. The Morgan fingerprint density at radius 3 is 2.30 bits per heavy atom. The minimum Gasteiger partial charge on any atom is -0.496 e. The maximum absolute atomic E-state index is 13.2. The van der Waals surface area contributed by atoms with Crippen LogP contribution < -0.4 is 15.0 Å². The monoisotopic (exact) mass is 457 g/mol. The quantitative estimate of drug-likeness (QED) is 0.624. The van der Waals surface area contributed by atoms with Crippen LogP contribution >= 0.6 is 0 Å². The highest BCUT2D eigenvalue weighted by Crippen LogP contribution is 2.34. The van der Waals surface area contributed by atoms with E-state index in [9.17, 15) is 18.0 Å². The van der Waals surface area contributed by atoms with E-state index in [2.05, 4.69) is 15.5 Å².